The maximum atomic E-state index is 10.7. The summed E-state index contributed by atoms with van der Waals surface area (Å²) in [6.45, 7) is 3.69. The molecule has 11 heavy (non-hydrogen) atoms. The van der Waals surface area contributed by atoms with Crippen molar-refractivity contribution in [2.24, 2.45) is 0 Å². The smallest absolute Gasteiger partial charge is 0.418 e. The molecular formula is C6H12INO3. The van der Waals surface area contributed by atoms with Crippen LogP contribution < -0.4 is 0 Å². The van der Waals surface area contributed by atoms with Crippen LogP contribution in [-0.4, -0.2) is 36.1 Å². The fourth-order valence-electron chi connectivity index (χ4n) is 0.479. The molecule has 66 valence electrons. The van der Waals surface area contributed by atoms with Gasteiger partial charge in [0.15, 0.2) is 0 Å². The molecule has 0 radical (unpaired) electrons. The number of carbonyl (C=O) groups excluding carboxylic acids is 1. The summed E-state index contributed by atoms with van der Waals surface area (Å²) in [4.78, 5) is 10.7. The number of hydrogen-bond donors (Lipinski definition) is 0. The number of carbonyl (C=O) groups is 1. The predicted molar refractivity (Wildman–Crippen MR) is 49.6 cm³/mol. The standard InChI is InChI=1S/C6H12INO3/c1-3-11-5-4-8(7)6(9)10-2/h3-5H2,1-2H3. The van der Waals surface area contributed by atoms with E-state index in [1.807, 2.05) is 29.8 Å². The molecule has 4 nitrogen and oxygen atoms in total. The fourth-order valence-corrected chi connectivity index (χ4v) is 0.873. The first-order valence-electron chi connectivity index (χ1n) is 3.31. The Bertz CT molecular complexity index is 120. The molecule has 1 amide bonds. The van der Waals surface area contributed by atoms with E-state index in [0.717, 1.165) is 0 Å². The molecule has 0 aliphatic rings. The van der Waals surface area contributed by atoms with Crippen molar-refractivity contribution < 1.29 is 14.3 Å². The molecule has 0 saturated heterocycles. The second-order valence-corrected chi connectivity index (χ2v) is 2.92. The highest BCUT2D eigenvalue weighted by molar-refractivity contribution is 14.1. The van der Waals surface area contributed by atoms with Crippen LogP contribution in [-0.2, 0) is 9.47 Å². The maximum absolute atomic E-state index is 10.7. The lowest BCUT2D eigenvalue weighted by molar-refractivity contribution is 0.123. The zero-order valence-electron chi connectivity index (χ0n) is 6.67. The van der Waals surface area contributed by atoms with Crippen molar-refractivity contribution >= 4 is 29.0 Å². The summed E-state index contributed by atoms with van der Waals surface area (Å²) in [5.74, 6) is 0. The van der Waals surface area contributed by atoms with Crippen LogP contribution in [0.3, 0.4) is 0 Å². The number of halogens is 1. The van der Waals surface area contributed by atoms with Gasteiger partial charge in [0.05, 0.1) is 43.1 Å². The van der Waals surface area contributed by atoms with E-state index in [-0.39, 0.29) is 6.09 Å². The molecule has 0 atom stereocenters. The molecule has 0 N–H and O–H groups in total. The maximum Gasteiger partial charge on any atom is 0.418 e. The van der Waals surface area contributed by atoms with Gasteiger partial charge in [-0.05, 0) is 6.92 Å². The number of hydrogen-bond acceptors (Lipinski definition) is 3. The van der Waals surface area contributed by atoms with E-state index in [0.29, 0.717) is 19.8 Å². The van der Waals surface area contributed by atoms with Gasteiger partial charge in [0.2, 0.25) is 0 Å². The highest BCUT2D eigenvalue weighted by Gasteiger charge is 2.08. The van der Waals surface area contributed by atoms with E-state index in [1.165, 1.54) is 10.2 Å². The molecular weight excluding hydrogens is 261 g/mol. The third-order valence-corrected chi connectivity index (χ3v) is 1.89. The van der Waals surface area contributed by atoms with Gasteiger partial charge < -0.3 is 9.47 Å². The molecule has 0 fully saturated rings. The third-order valence-electron chi connectivity index (χ3n) is 1.01. The second-order valence-electron chi connectivity index (χ2n) is 1.75. The van der Waals surface area contributed by atoms with E-state index in [4.69, 9.17) is 4.74 Å². The van der Waals surface area contributed by atoms with Crippen molar-refractivity contribution in [2.75, 3.05) is 26.9 Å². The monoisotopic (exact) mass is 273 g/mol. The largest absolute Gasteiger partial charge is 0.452 e. The summed E-state index contributed by atoms with van der Waals surface area (Å²) >= 11 is 1.89. The van der Waals surface area contributed by atoms with Crippen LogP contribution in [0.2, 0.25) is 0 Å². The minimum Gasteiger partial charge on any atom is -0.452 e. The molecule has 0 spiro atoms. The average Bonchev–Trinajstić information content (AvgIpc) is 2.03. The average molecular weight is 273 g/mol. The minimum atomic E-state index is -0.342. The van der Waals surface area contributed by atoms with Gasteiger partial charge in [-0.1, -0.05) is 0 Å². The molecule has 0 aromatic heterocycles. The van der Waals surface area contributed by atoms with Crippen LogP contribution in [0.25, 0.3) is 0 Å². The Hall–Kier alpha value is -0.0400. The van der Waals surface area contributed by atoms with Crippen molar-refractivity contribution in [1.29, 1.82) is 0 Å². The Morgan fingerprint density at radius 2 is 2.27 bits per heavy atom. The summed E-state index contributed by atoms with van der Waals surface area (Å²) in [6, 6.07) is 0. The van der Waals surface area contributed by atoms with Crippen LogP contribution in [0.15, 0.2) is 0 Å². The first-order valence-corrected chi connectivity index (χ1v) is 4.27. The van der Waals surface area contributed by atoms with Crippen molar-refractivity contribution in [3.8, 4) is 0 Å². The predicted octanol–water partition coefficient (Wildman–Crippen LogP) is 1.44. The van der Waals surface area contributed by atoms with Crippen molar-refractivity contribution in [1.82, 2.24) is 3.11 Å². The number of amides is 1. The van der Waals surface area contributed by atoms with E-state index < -0.39 is 0 Å². The Kier molecular flexibility index (Phi) is 6.63. The normalized spacial score (nSPS) is 9.36. The summed E-state index contributed by atoms with van der Waals surface area (Å²) in [6.07, 6.45) is -0.342. The van der Waals surface area contributed by atoms with Gasteiger partial charge >= 0.3 is 6.09 Å². The molecule has 0 aromatic carbocycles. The Labute approximate surface area is 80.3 Å². The fraction of sp³-hybridized carbons (Fsp3) is 0.833. The number of ether oxygens (including phenoxy) is 2. The second kappa shape index (κ2) is 6.66. The van der Waals surface area contributed by atoms with Gasteiger partial charge in [-0.2, -0.15) is 0 Å². The lowest BCUT2D eigenvalue weighted by Gasteiger charge is -2.11. The van der Waals surface area contributed by atoms with E-state index in [2.05, 4.69) is 4.74 Å². The molecule has 0 aromatic rings. The van der Waals surface area contributed by atoms with Gasteiger partial charge in [-0.25, -0.2) is 7.91 Å². The molecule has 0 heterocycles. The zero-order valence-corrected chi connectivity index (χ0v) is 8.83. The Morgan fingerprint density at radius 1 is 1.64 bits per heavy atom. The first-order chi connectivity index (χ1) is 5.22. The SMILES string of the molecule is CCOCCN(I)C(=O)OC. The van der Waals surface area contributed by atoms with E-state index in [9.17, 15) is 4.79 Å². The van der Waals surface area contributed by atoms with Gasteiger partial charge in [-0.3, -0.25) is 0 Å². The molecule has 0 aliphatic heterocycles. The Morgan fingerprint density at radius 3 is 2.73 bits per heavy atom. The molecule has 0 rings (SSSR count). The third kappa shape index (κ3) is 5.25. The summed E-state index contributed by atoms with van der Waals surface area (Å²) in [5, 5.41) is 0. The van der Waals surface area contributed by atoms with Crippen molar-refractivity contribution in [3.63, 3.8) is 0 Å². The number of methoxy groups -OCH3 is 1. The van der Waals surface area contributed by atoms with E-state index in [1.54, 1.807) is 0 Å². The molecule has 0 saturated carbocycles. The van der Waals surface area contributed by atoms with Crippen LogP contribution in [0.1, 0.15) is 6.92 Å². The lowest BCUT2D eigenvalue weighted by Crippen LogP contribution is -2.24. The minimum absolute atomic E-state index is 0.342. The van der Waals surface area contributed by atoms with Gasteiger partial charge in [0.1, 0.15) is 0 Å². The van der Waals surface area contributed by atoms with E-state index >= 15 is 0 Å². The van der Waals surface area contributed by atoms with Crippen molar-refractivity contribution in [2.45, 2.75) is 6.92 Å². The lowest BCUT2D eigenvalue weighted by atomic mass is 10.7. The quantitative estimate of drug-likeness (QED) is 0.442. The van der Waals surface area contributed by atoms with Gasteiger partial charge in [0.25, 0.3) is 0 Å². The molecule has 0 bridgehead atoms. The van der Waals surface area contributed by atoms with Crippen molar-refractivity contribution in [3.05, 3.63) is 0 Å². The van der Waals surface area contributed by atoms with Gasteiger partial charge in [0, 0.05) is 6.61 Å². The van der Waals surface area contributed by atoms with Crippen LogP contribution in [0, 0.1) is 0 Å². The molecule has 0 aliphatic carbocycles. The number of nitrogens with zero attached hydrogens (tertiary/aromatic N) is 1. The molecule has 0 unspecified atom stereocenters. The van der Waals surface area contributed by atoms with Crippen LogP contribution >= 0.6 is 22.9 Å². The van der Waals surface area contributed by atoms with Gasteiger partial charge in [-0.15, -0.1) is 0 Å². The molecule has 5 heteroatoms. The van der Waals surface area contributed by atoms with Crippen LogP contribution in [0.4, 0.5) is 4.79 Å². The highest BCUT2D eigenvalue weighted by Crippen LogP contribution is 2.00. The highest BCUT2D eigenvalue weighted by atomic mass is 127. The van der Waals surface area contributed by atoms with Crippen LogP contribution in [0.5, 0.6) is 0 Å². The first kappa shape index (κ1) is 11.0. The summed E-state index contributed by atoms with van der Waals surface area (Å²) in [5.41, 5.74) is 0. The summed E-state index contributed by atoms with van der Waals surface area (Å²) in [7, 11) is 1.36. The topological polar surface area (TPSA) is 38.8 Å². The number of rotatable bonds is 4. The zero-order chi connectivity index (χ0) is 8.69. The Balaban J connectivity index is 3.36. The summed E-state index contributed by atoms with van der Waals surface area (Å²) < 4.78 is 10.9.